The molecule has 2 N–H and O–H groups in total. The Bertz CT molecular complexity index is 380. The van der Waals surface area contributed by atoms with Crippen LogP contribution in [-0.4, -0.2) is 66.2 Å². The van der Waals surface area contributed by atoms with Gasteiger partial charge in [-0.1, -0.05) is 20.3 Å². The molecule has 2 atom stereocenters. The first-order valence-corrected chi connectivity index (χ1v) is 7.65. The molecule has 2 amide bonds. The third-order valence-electron chi connectivity index (χ3n) is 4.87. The van der Waals surface area contributed by atoms with Crippen molar-refractivity contribution in [3.05, 3.63) is 0 Å². The van der Waals surface area contributed by atoms with Crippen LogP contribution in [0.25, 0.3) is 0 Å². The Kier molecular flexibility index (Phi) is 6.01. The molecule has 0 aliphatic heterocycles. The summed E-state index contributed by atoms with van der Waals surface area (Å²) in [5.41, 5.74) is 0.0428. The Morgan fingerprint density at radius 2 is 1.86 bits per heavy atom. The average molecular weight is 299 g/mol. The predicted octanol–water partition coefficient (Wildman–Crippen LogP) is 1.61. The molecule has 0 saturated heterocycles. The number of likely N-dealkylation sites (N-methyl/N-ethyl adjacent to an activating group) is 2. The highest BCUT2D eigenvalue weighted by Crippen LogP contribution is 2.36. The van der Waals surface area contributed by atoms with Crippen molar-refractivity contribution in [2.45, 2.75) is 51.1 Å². The van der Waals surface area contributed by atoms with Crippen molar-refractivity contribution in [2.24, 2.45) is 5.92 Å². The topological polar surface area (TPSA) is 72.9 Å². The summed E-state index contributed by atoms with van der Waals surface area (Å²) >= 11 is 0. The van der Waals surface area contributed by atoms with Crippen LogP contribution in [0.2, 0.25) is 0 Å². The van der Waals surface area contributed by atoms with E-state index in [1.165, 1.54) is 6.42 Å². The standard InChI is InChI=1S/C15H29N3O3/c1-6-11(2)12(13(19)20)16-14(21)18(5)10-15(17(3)4)8-7-9-15/h11-12H,6-10H2,1-5H3,(H,16,21)(H,19,20). The SMILES string of the molecule is CCC(C)C(NC(=O)N(C)CC1(N(C)C)CCC1)C(=O)O. The van der Waals surface area contributed by atoms with E-state index in [2.05, 4.69) is 10.2 Å². The number of nitrogens with one attached hydrogen (secondary N) is 1. The molecule has 1 aliphatic carbocycles. The fourth-order valence-electron chi connectivity index (χ4n) is 2.77. The lowest BCUT2D eigenvalue weighted by Gasteiger charge is -2.49. The number of carboxylic acid groups (broad SMARTS) is 1. The Labute approximate surface area is 127 Å². The number of aliphatic carboxylic acids is 1. The van der Waals surface area contributed by atoms with Gasteiger partial charge in [-0.15, -0.1) is 0 Å². The molecule has 21 heavy (non-hydrogen) atoms. The maximum absolute atomic E-state index is 12.3. The third-order valence-corrected chi connectivity index (χ3v) is 4.87. The number of nitrogens with zero attached hydrogens (tertiary/aromatic N) is 2. The fraction of sp³-hybridized carbons (Fsp3) is 0.867. The van der Waals surface area contributed by atoms with Crippen LogP contribution in [-0.2, 0) is 4.79 Å². The molecular weight excluding hydrogens is 270 g/mol. The van der Waals surface area contributed by atoms with Gasteiger partial charge >= 0.3 is 12.0 Å². The van der Waals surface area contributed by atoms with Gasteiger partial charge in [0.15, 0.2) is 0 Å². The zero-order chi connectivity index (χ0) is 16.2. The van der Waals surface area contributed by atoms with Gasteiger partial charge in [-0.2, -0.15) is 0 Å². The van der Waals surface area contributed by atoms with Crippen LogP contribution in [0, 0.1) is 5.92 Å². The molecule has 2 unspecified atom stereocenters. The number of carbonyl (C=O) groups excluding carboxylic acids is 1. The number of carboxylic acids is 1. The molecule has 1 rings (SSSR count). The van der Waals surface area contributed by atoms with Gasteiger partial charge in [-0.25, -0.2) is 9.59 Å². The minimum atomic E-state index is -0.975. The Morgan fingerprint density at radius 3 is 2.19 bits per heavy atom. The van der Waals surface area contributed by atoms with Crippen LogP contribution in [0.15, 0.2) is 0 Å². The van der Waals surface area contributed by atoms with Crippen molar-refractivity contribution in [1.29, 1.82) is 0 Å². The first kappa shape index (κ1) is 17.8. The van der Waals surface area contributed by atoms with Gasteiger partial charge in [0, 0.05) is 19.1 Å². The van der Waals surface area contributed by atoms with Crippen molar-refractivity contribution in [3.63, 3.8) is 0 Å². The van der Waals surface area contributed by atoms with Crippen LogP contribution in [0.4, 0.5) is 4.79 Å². The maximum Gasteiger partial charge on any atom is 0.326 e. The number of carbonyl (C=O) groups is 2. The summed E-state index contributed by atoms with van der Waals surface area (Å²) in [5, 5.41) is 11.9. The summed E-state index contributed by atoms with van der Waals surface area (Å²) in [6, 6.07) is -1.14. The van der Waals surface area contributed by atoms with Gasteiger partial charge in [0.25, 0.3) is 0 Å². The Balaban J connectivity index is 2.63. The first-order chi connectivity index (χ1) is 9.73. The molecule has 0 bridgehead atoms. The normalized spacial score (nSPS) is 19.5. The number of hydrogen-bond donors (Lipinski definition) is 2. The van der Waals surface area contributed by atoms with Crippen molar-refractivity contribution >= 4 is 12.0 Å². The molecular formula is C15H29N3O3. The predicted molar refractivity (Wildman–Crippen MR) is 82.3 cm³/mol. The minimum absolute atomic E-state index is 0.0428. The second kappa shape index (κ2) is 7.11. The van der Waals surface area contributed by atoms with Gasteiger partial charge in [0.1, 0.15) is 6.04 Å². The molecule has 1 aliphatic rings. The van der Waals surface area contributed by atoms with Crippen molar-refractivity contribution in [2.75, 3.05) is 27.7 Å². The molecule has 6 nitrogen and oxygen atoms in total. The van der Waals surface area contributed by atoms with Crippen LogP contribution < -0.4 is 5.32 Å². The minimum Gasteiger partial charge on any atom is -0.480 e. The Morgan fingerprint density at radius 1 is 1.29 bits per heavy atom. The maximum atomic E-state index is 12.3. The van der Waals surface area contributed by atoms with Gasteiger partial charge < -0.3 is 20.2 Å². The van der Waals surface area contributed by atoms with Crippen molar-refractivity contribution in [3.8, 4) is 0 Å². The summed E-state index contributed by atoms with van der Waals surface area (Å²) in [7, 11) is 5.79. The largest absolute Gasteiger partial charge is 0.480 e. The summed E-state index contributed by atoms with van der Waals surface area (Å²) < 4.78 is 0. The Hall–Kier alpha value is -1.30. The second-order valence-corrected chi connectivity index (χ2v) is 6.48. The highest BCUT2D eigenvalue weighted by atomic mass is 16.4. The van der Waals surface area contributed by atoms with Crippen LogP contribution in [0.3, 0.4) is 0 Å². The highest BCUT2D eigenvalue weighted by Gasteiger charge is 2.41. The smallest absolute Gasteiger partial charge is 0.326 e. The van der Waals surface area contributed by atoms with Crippen LogP contribution in [0.1, 0.15) is 39.5 Å². The van der Waals surface area contributed by atoms with E-state index in [4.69, 9.17) is 0 Å². The van der Waals surface area contributed by atoms with Gasteiger partial charge in [-0.05, 0) is 39.3 Å². The molecule has 1 fully saturated rings. The van der Waals surface area contributed by atoms with E-state index in [9.17, 15) is 14.7 Å². The van der Waals surface area contributed by atoms with Crippen molar-refractivity contribution < 1.29 is 14.7 Å². The molecule has 1 saturated carbocycles. The van der Waals surface area contributed by atoms with E-state index in [1.54, 1.807) is 11.9 Å². The number of urea groups is 1. The van der Waals surface area contributed by atoms with Gasteiger partial charge in [0.05, 0.1) is 0 Å². The van der Waals surface area contributed by atoms with E-state index < -0.39 is 12.0 Å². The quantitative estimate of drug-likeness (QED) is 0.749. The summed E-state index contributed by atoms with van der Waals surface area (Å²) in [6.45, 7) is 4.39. The van der Waals surface area contributed by atoms with E-state index in [1.807, 2.05) is 27.9 Å². The molecule has 0 heterocycles. The number of hydrogen-bond acceptors (Lipinski definition) is 3. The summed E-state index contributed by atoms with van der Waals surface area (Å²) in [5.74, 6) is -1.07. The van der Waals surface area contributed by atoms with E-state index in [0.29, 0.717) is 13.0 Å². The molecule has 0 aromatic carbocycles. The molecule has 0 aromatic rings. The van der Waals surface area contributed by atoms with E-state index >= 15 is 0 Å². The summed E-state index contributed by atoms with van der Waals surface area (Å²) in [4.78, 5) is 27.3. The highest BCUT2D eigenvalue weighted by molar-refractivity contribution is 5.82. The lowest BCUT2D eigenvalue weighted by molar-refractivity contribution is -0.140. The van der Waals surface area contributed by atoms with Gasteiger partial charge in [-0.3, -0.25) is 0 Å². The number of amides is 2. The third kappa shape index (κ3) is 4.09. The van der Waals surface area contributed by atoms with E-state index in [-0.39, 0.29) is 17.5 Å². The summed E-state index contributed by atoms with van der Waals surface area (Å²) in [6.07, 6.45) is 4.04. The lowest BCUT2D eigenvalue weighted by Crippen LogP contribution is -2.59. The molecule has 122 valence electrons. The fourth-order valence-corrected chi connectivity index (χ4v) is 2.77. The van der Waals surface area contributed by atoms with Crippen LogP contribution in [0.5, 0.6) is 0 Å². The average Bonchev–Trinajstić information content (AvgIpc) is 2.37. The van der Waals surface area contributed by atoms with E-state index in [0.717, 1.165) is 12.8 Å². The van der Waals surface area contributed by atoms with Crippen molar-refractivity contribution in [1.82, 2.24) is 15.1 Å². The number of rotatable bonds is 7. The zero-order valence-corrected chi connectivity index (χ0v) is 13.8. The second-order valence-electron chi connectivity index (χ2n) is 6.48. The first-order valence-electron chi connectivity index (χ1n) is 7.65. The molecule has 0 aromatic heterocycles. The zero-order valence-electron chi connectivity index (χ0n) is 13.8. The van der Waals surface area contributed by atoms with Crippen LogP contribution >= 0.6 is 0 Å². The molecule has 0 spiro atoms. The molecule has 6 heteroatoms. The molecule has 0 radical (unpaired) electrons. The monoisotopic (exact) mass is 299 g/mol. The van der Waals surface area contributed by atoms with Gasteiger partial charge in [0.2, 0.25) is 0 Å². The lowest BCUT2D eigenvalue weighted by atomic mass is 9.75.